The molecule has 1 heterocycles. The summed E-state index contributed by atoms with van der Waals surface area (Å²) in [6, 6.07) is 18.0. The van der Waals surface area contributed by atoms with Crippen LogP contribution in [0.1, 0.15) is 29.3 Å². The molecule has 0 saturated heterocycles. The summed E-state index contributed by atoms with van der Waals surface area (Å²) >= 11 is 0. The molecular formula is C22H21N3O5. The number of benzene rings is 2. The highest BCUT2D eigenvalue weighted by Gasteiger charge is 2.29. The van der Waals surface area contributed by atoms with E-state index in [1.165, 1.54) is 15.8 Å². The van der Waals surface area contributed by atoms with Crippen molar-refractivity contribution in [1.29, 1.82) is 0 Å². The number of aromatic nitrogens is 2. The number of aromatic carboxylic acids is 1. The van der Waals surface area contributed by atoms with E-state index in [4.69, 9.17) is 4.74 Å². The number of carbonyl (C=O) groups excluding carboxylic acids is 2. The van der Waals surface area contributed by atoms with E-state index in [1.54, 1.807) is 31.2 Å². The van der Waals surface area contributed by atoms with E-state index in [-0.39, 0.29) is 24.5 Å². The van der Waals surface area contributed by atoms with Gasteiger partial charge >= 0.3 is 11.9 Å². The predicted molar refractivity (Wildman–Crippen MR) is 109 cm³/mol. The number of carboxylic acids is 1. The summed E-state index contributed by atoms with van der Waals surface area (Å²) in [6.45, 7) is 1.86. The number of carbonyl (C=O) groups is 3. The number of nitrogens with zero attached hydrogens (tertiary/aromatic N) is 3. The minimum Gasteiger partial charge on any atom is -0.477 e. The van der Waals surface area contributed by atoms with Crippen molar-refractivity contribution in [2.24, 2.45) is 0 Å². The van der Waals surface area contributed by atoms with Crippen LogP contribution in [-0.4, -0.2) is 39.3 Å². The number of anilines is 1. The fourth-order valence-corrected chi connectivity index (χ4v) is 2.99. The Morgan fingerprint density at radius 1 is 1.03 bits per heavy atom. The summed E-state index contributed by atoms with van der Waals surface area (Å²) in [4.78, 5) is 38.2. The van der Waals surface area contributed by atoms with Crippen LogP contribution in [0.2, 0.25) is 0 Å². The fraction of sp³-hybridized carbons (Fsp3) is 0.182. The lowest BCUT2D eigenvalue weighted by atomic mass is 10.2. The number of ether oxygens (including phenoxy) is 1. The summed E-state index contributed by atoms with van der Waals surface area (Å²) in [5.74, 6) is -2.42. The summed E-state index contributed by atoms with van der Waals surface area (Å²) in [5, 5.41) is 13.9. The third-order valence-electron chi connectivity index (χ3n) is 4.32. The molecule has 0 fully saturated rings. The molecule has 0 saturated carbocycles. The molecule has 154 valence electrons. The Bertz CT molecular complexity index is 1030. The van der Waals surface area contributed by atoms with Crippen LogP contribution < -0.4 is 4.90 Å². The lowest BCUT2D eigenvalue weighted by molar-refractivity contribution is -0.145. The van der Waals surface area contributed by atoms with Gasteiger partial charge in [0, 0.05) is 0 Å². The van der Waals surface area contributed by atoms with Gasteiger partial charge in [-0.15, -0.1) is 0 Å². The average Bonchev–Trinajstić information content (AvgIpc) is 3.18. The number of rotatable bonds is 8. The molecule has 1 aromatic heterocycles. The monoisotopic (exact) mass is 407 g/mol. The Hall–Kier alpha value is -3.94. The number of para-hydroxylation sites is 1. The van der Waals surface area contributed by atoms with E-state index in [1.807, 2.05) is 36.4 Å². The molecule has 8 nitrogen and oxygen atoms in total. The van der Waals surface area contributed by atoms with Crippen molar-refractivity contribution in [3.63, 3.8) is 0 Å². The van der Waals surface area contributed by atoms with Gasteiger partial charge in [-0.25, -0.2) is 9.48 Å². The standard InChI is InChI=1S/C22H21N3O5/c1-2-30-20(27)13-19(26)24(15-16-9-5-3-6-10-16)21-18(22(28)29)14-23-25(21)17-11-7-4-8-12-17/h3-12,14H,2,13,15H2,1H3,(H,28,29). The molecule has 0 spiro atoms. The second-order valence-corrected chi connectivity index (χ2v) is 6.38. The molecule has 0 aliphatic heterocycles. The van der Waals surface area contributed by atoms with Crippen LogP contribution >= 0.6 is 0 Å². The quantitative estimate of drug-likeness (QED) is 0.455. The number of amides is 1. The van der Waals surface area contributed by atoms with Crippen LogP contribution in [0.15, 0.2) is 66.9 Å². The van der Waals surface area contributed by atoms with Gasteiger partial charge in [0.2, 0.25) is 5.91 Å². The van der Waals surface area contributed by atoms with Gasteiger partial charge in [0.15, 0.2) is 5.82 Å². The minimum absolute atomic E-state index is 0.0673. The molecule has 0 atom stereocenters. The van der Waals surface area contributed by atoms with E-state index in [0.29, 0.717) is 5.69 Å². The molecule has 0 unspecified atom stereocenters. The van der Waals surface area contributed by atoms with Gasteiger partial charge < -0.3 is 9.84 Å². The van der Waals surface area contributed by atoms with E-state index < -0.39 is 24.3 Å². The van der Waals surface area contributed by atoms with Gasteiger partial charge in [-0.1, -0.05) is 48.5 Å². The lowest BCUT2D eigenvalue weighted by Gasteiger charge is -2.24. The van der Waals surface area contributed by atoms with Crippen LogP contribution in [0.5, 0.6) is 0 Å². The van der Waals surface area contributed by atoms with Crippen molar-refractivity contribution >= 4 is 23.7 Å². The van der Waals surface area contributed by atoms with Gasteiger partial charge in [-0.05, 0) is 24.6 Å². The Morgan fingerprint density at radius 2 is 1.67 bits per heavy atom. The number of hydrogen-bond acceptors (Lipinski definition) is 5. The van der Waals surface area contributed by atoms with Crippen molar-refractivity contribution in [2.45, 2.75) is 19.9 Å². The summed E-state index contributed by atoms with van der Waals surface area (Å²) in [5.41, 5.74) is 1.21. The SMILES string of the molecule is CCOC(=O)CC(=O)N(Cc1ccccc1)c1c(C(=O)O)cnn1-c1ccccc1. The first-order chi connectivity index (χ1) is 14.5. The molecule has 1 amide bonds. The number of hydrogen-bond donors (Lipinski definition) is 1. The van der Waals surface area contributed by atoms with Crippen molar-refractivity contribution < 1.29 is 24.2 Å². The average molecular weight is 407 g/mol. The molecule has 3 rings (SSSR count). The Labute approximate surface area is 173 Å². The topological polar surface area (TPSA) is 102 Å². The third-order valence-corrected chi connectivity index (χ3v) is 4.32. The Balaban J connectivity index is 2.10. The first-order valence-corrected chi connectivity index (χ1v) is 9.38. The summed E-state index contributed by atoms with van der Waals surface area (Å²) < 4.78 is 6.28. The zero-order valence-corrected chi connectivity index (χ0v) is 16.4. The van der Waals surface area contributed by atoms with E-state index in [0.717, 1.165) is 5.56 Å². The zero-order chi connectivity index (χ0) is 21.5. The maximum atomic E-state index is 13.1. The van der Waals surface area contributed by atoms with E-state index in [2.05, 4.69) is 5.10 Å². The Morgan fingerprint density at radius 3 is 2.27 bits per heavy atom. The first-order valence-electron chi connectivity index (χ1n) is 9.38. The highest BCUT2D eigenvalue weighted by molar-refractivity contribution is 6.06. The number of carboxylic acid groups (broad SMARTS) is 1. The predicted octanol–water partition coefficient (Wildman–Crippen LogP) is 3.06. The maximum absolute atomic E-state index is 13.1. The van der Waals surface area contributed by atoms with Gasteiger partial charge in [0.25, 0.3) is 0 Å². The molecule has 1 N–H and O–H groups in total. The second-order valence-electron chi connectivity index (χ2n) is 6.38. The smallest absolute Gasteiger partial charge is 0.341 e. The van der Waals surface area contributed by atoms with E-state index >= 15 is 0 Å². The zero-order valence-electron chi connectivity index (χ0n) is 16.4. The third kappa shape index (κ3) is 4.72. The van der Waals surface area contributed by atoms with Crippen molar-refractivity contribution in [2.75, 3.05) is 11.5 Å². The van der Waals surface area contributed by atoms with Gasteiger partial charge in [-0.2, -0.15) is 5.10 Å². The fourth-order valence-electron chi connectivity index (χ4n) is 2.99. The second kappa shape index (κ2) is 9.51. The molecule has 8 heteroatoms. The normalized spacial score (nSPS) is 10.4. The van der Waals surface area contributed by atoms with Gasteiger partial charge in [0.05, 0.1) is 25.0 Å². The van der Waals surface area contributed by atoms with Crippen molar-refractivity contribution in [3.8, 4) is 5.69 Å². The maximum Gasteiger partial charge on any atom is 0.341 e. The van der Waals surface area contributed by atoms with Crippen molar-refractivity contribution in [1.82, 2.24) is 9.78 Å². The lowest BCUT2D eigenvalue weighted by Crippen LogP contribution is -2.35. The highest BCUT2D eigenvalue weighted by Crippen LogP contribution is 2.27. The highest BCUT2D eigenvalue weighted by atomic mass is 16.5. The van der Waals surface area contributed by atoms with Crippen molar-refractivity contribution in [3.05, 3.63) is 78.0 Å². The Kier molecular flexibility index (Phi) is 6.59. The van der Waals surface area contributed by atoms with Gasteiger partial charge in [0.1, 0.15) is 12.0 Å². The van der Waals surface area contributed by atoms with Crippen LogP contribution in [0, 0.1) is 0 Å². The molecular weight excluding hydrogens is 386 g/mol. The van der Waals surface area contributed by atoms with Crippen LogP contribution in [-0.2, 0) is 20.9 Å². The molecule has 30 heavy (non-hydrogen) atoms. The molecule has 0 aliphatic carbocycles. The molecule has 0 bridgehead atoms. The van der Waals surface area contributed by atoms with Crippen LogP contribution in [0.3, 0.4) is 0 Å². The van der Waals surface area contributed by atoms with Crippen LogP contribution in [0.4, 0.5) is 5.82 Å². The van der Waals surface area contributed by atoms with Crippen LogP contribution in [0.25, 0.3) is 5.69 Å². The largest absolute Gasteiger partial charge is 0.477 e. The summed E-state index contributed by atoms with van der Waals surface area (Å²) in [6.07, 6.45) is 0.681. The minimum atomic E-state index is -1.23. The molecule has 0 radical (unpaired) electrons. The van der Waals surface area contributed by atoms with Gasteiger partial charge in [-0.3, -0.25) is 14.5 Å². The molecule has 3 aromatic rings. The first kappa shape index (κ1) is 20.8. The summed E-state index contributed by atoms with van der Waals surface area (Å²) in [7, 11) is 0. The molecule has 0 aliphatic rings. The number of esters is 1. The van der Waals surface area contributed by atoms with E-state index in [9.17, 15) is 19.5 Å². The molecule has 2 aromatic carbocycles.